The van der Waals surface area contributed by atoms with Gasteiger partial charge >= 0.3 is 0 Å². The average Bonchev–Trinajstić information content (AvgIpc) is 2.79. The van der Waals surface area contributed by atoms with Crippen LogP contribution in [-0.4, -0.2) is 92.0 Å². The molecule has 32 heavy (non-hydrogen) atoms. The van der Waals surface area contributed by atoms with Crippen molar-refractivity contribution in [2.24, 2.45) is 0 Å². The number of fused-ring (bicyclic) bond motifs is 1. The second-order valence-electron chi connectivity index (χ2n) is 9.05. The normalized spacial score (nSPS) is 17.9. The number of carbonyl (C=O) groups is 1. The number of carbonyl (C=O) groups excluding carboxylic acids is 1. The number of Topliss-reactive ketones (excluding diaryl/α,β-unsaturated/α-hetero) is 1. The van der Waals surface area contributed by atoms with Crippen molar-refractivity contribution in [1.82, 2.24) is 25.1 Å². The van der Waals surface area contributed by atoms with Crippen LogP contribution in [0.3, 0.4) is 0 Å². The van der Waals surface area contributed by atoms with Gasteiger partial charge in [-0.05, 0) is 26.6 Å². The molecule has 8 heteroatoms. The molecular weight excluding hydrogens is 402 g/mol. The van der Waals surface area contributed by atoms with Crippen molar-refractivity contribution in [3.05, 3.63) is 47.3 Å². The number of hydrogen-bond acceptors (Lipinski definition) is 8. The van der Waals surface area contributed by atoms with E-state index in [1.54, 1.807) is 6.33 Å². The highest BCUT2D eigenvalue weighted by atomic mass is 16.1. The highest BCUT2D eigenvalue weighted by molar-refractivity contribution is 5.90. The molecule has 0 bridgehead atoms. The minimum absolute atomic E-state index is 0.190. The van der Waals surface area contributed by atoms with Crippen molar-refractivity contribution in [1.29, 1.82) is 0 Å². The summed E-state index contributed by atoms with van der Waals surface area (Å²) in [4.78, 5) is 28.0. The molecule has 0 spiro atoms. The van der Waals surface area contributed by atoms with Gasteiger partial charge < -0.3 is 20.4 Å². The van der Waals surface area contributed by atoms with Gasteiger partial charge in [0.2, 0.25) is 0 Å². The first-order chi connectivity index (χ1) is 15.5. The molecule has 1 unspecified atom stereocenters. The predicted molar refractivity (Wildman–Crippen MR) is 128 cm³/mol. The molecule has 0 radical (unpaired) electrons. The number of aryl methyl sites for hydroxylation is 1. The Kier molecular flexibility index (Phi) is 7.34. The first-order valence-corrected chi connectivity index (χ1v) is 11.5. The van der Waals surface area contributed by atoms with Crippen LogP contribution in [0.5, 0.6) is 0 Å². The minimum Gasteiger partial charge on any atom is -0.363 e. The monoisotopic (exact) mass is 437 g/mol. The van der Waals surface area contributed by atoms with E-state index in [1.165, 1.54) is 11.1 Å². The second kappa shape index (κ2) is 10.4. The molecule has 1 aromatic heterocycles. The highest BCUT2D eigenvalue weighted by Crippen LogP contribution is 2.29. The van der Waals surface area contributed by atoms with Gasteiger partial charge in [-0.3, -0.25) is 9.69 Å². The van der Waals surface area contributed by atoms with Gasteiger partial charge in [-0.15, -0.1) is 0 Å². The summed E-state index contributed by atoms with van der Waals surface area (Å²) >= 11 is 0. The molecule has 2 aromatic rings. The predicted octanol–water partition coefficient (Wildman–Crippen LogP) is 1.34. The molecule has 2 N–H and O–H groups in total. The Bertz CT molecular complexity index is 907. The van der Waals surface area contributed by atoms with Crippen LogP contribution >= 0.6 is 0 Å². The number of ketones is 1. The van der Waals surface area contributed by atoms with Crippen LogP contribution in [0, 0.1) is 6.92 Å². The number of anilines is 2. The van der Waals surface area contributed by atoms with Gasteiger partial charge in [-0.2, -0.15) is 0 Å². The second-order valence-corrected chi connectivity index (χ2v) is 9.05. The molecule has 0 saturated carbocycles. The van der Waals surface area contributed by atoms with E-state index in [-0.39, 0.29) is 5.78 Å². The molecule has 1 atom stereocenters. The molecule has 2 aliphatic rings. The van der Waals surface area contributed by atoms with Crippen molar-refractivity contribution in [2.75, 3.05) is 76.7 Å². The van der Waals surface area contributed by atoms with Gasteiger partial charge in [0.1, 0.15) is 18.0 Å². The highest BCUT2D eigenvalue weighted by Gasteiger charge is 2.29. The first kappa shape index (κ1) is 22.6. The van der Waals surface area contributed by atoms with Crippen LogP contribution in [0.1, 0.15) is 22.7 Å². The number of likely N-dealkylation sites (N-methyl/N-ethyl adjacent to an activating group) is 1. The van der Waals surface area contributed by atoms with Gasteiger partial charge in [0, 0.05) is 63.8 Å². The molecule has 3 heterocycles. The van der Waals surface area contributed by atoms with E-state index >= 15 is 0 Å². The maximum absolute atomic E-state index is 12.0. The van der Waals surface area contributed by atoms with Gasteiger partial charge in [0.25, 0.3) is 0 Å². The minimum atomic E-state index is 0.190. The van der Waals surface area contributed by atoms with E-state index in [2.05, 4.69) is 80.6 Å². The number of benzene rings is 1. The fourth-order valence-corrected chi connectivity index (χ4v) is 4.47. The number of hydrogen-bond donors (Lipinski definition) is 2. The molecule has 1 saturated heterocycles. The molecule has 4 rings (SSSR count). The SMILES string of the molecule is Cc1ccc(C(CNCCN(C)C)N2CCN(c3ncnc4c3CC(=O)CN4)CC2)cc1. The summed E-state index contributed by atoms with van der Waals surface area (Å²) in [6, 6.07) is 9.27. The Hall–Kier alpha value is -2.55. The third-order valence-corrected chi connectivity index (χ3v) is 6.34. The van der Waals surface area contributed by atoms with Gasteiger partial charge in [-0.1, -0.05) is 29.8 Å². The molecule has 1 aromatic carbocycles. The smallest absolute Gasteiger partial charge is 0.156 e. The van der Waals surface area contributed by atoms with Crippen LogP contribution in [0.15, 0.2) is 30.6 Å². The Morgan fingerprint density at radius 2 is 1.88 bits per heavy atom. The maximum atomic E-state index is 12.0. The van der Waals surface area contributed by atoms with Crippen molar-refractivity contribution < 1.29 is 4.79 Å². The summed E-state index contributed by atoms with van der Waals surface area (Å²) in [6.45, 7) is 9.10. The lowest BCUT2D eigenvalue weighted by Crippen LogP contribution is -2.50. The van der Waals surface area contributed by atoms with E-state index in [9.17, 15) is 4.79 Å². The summed E-state index contributed by atoms with van der Waals surface area (Å²) in [6.07, 6.45) is 2.02. The van der Waals surface area contributed by atoms with Crippen molar-refractivity contribution in [3.63, 3.8) is 0 Å². The summed E-state index contributed by atoms with van der Waals surface area (Å²) in [5.41, 5.74) is 3.59. The third-order valence-electron chi connectivity index (χ3n) is 6.34. The van der Waals surface area contributed by atoms with Gasteiger partial charge in [0.05, 0.1) is 6.54 Å². The average molecular weight is 438 g/mol. The van der Waals surface area contributed by atoms with Crippen LogP contribution in [-0.2, 0) is 11.2 Å². The first-order valence-electron chi connectivity index (χ1n) is 11.5. The lowest BCUT2D eigenvalue weighted by atomic mass is 10.0. The zero-order valence-corrected chi connectivity index (χ0v) is 19.5. The van der Waals surface area contributed by atoms with Gasteiger partial charge in [0.15, 0.2) is 5.78 Å². The molecule has 0 amide bonds. The van der Waals surface area contributed by atoms with Crippen LogP contribution in [0.25, 0.3) is 0 Å². The van der Waals surface area contributed by atoms with E-state index in [0.717, 1.165) is 63.0 Å². The van der Waals surface area contributed by atoms with Crippen molar-refractivity contribution in [2.45, 2.75) is 19.4 Å². The zero-order valence-electron chi connectivity index (χ0n) is 19.5. The molecule has 1 fully saturated rings. The summed E-state index contributed by atoms with van der Waals surface area (Å²) in [5, 5.41) is 6.78. The molecule has 8 nitrogen and oxygen atoms in total. The quantitative estimate of drug-likeness (QED) is 0.599. The fraction of sp³-hybridized carbons (Fsp3) is 0.542. The largest absolute Gasteiger partial charge is 0.363 e. The standard InChI is InChI=1S/C24H35N7O/c1-18-4-6-19(7-5-18)22(16-25-8-9-29(2)3)30-10-12-31(13-11-30)24-21-14-20(32)15-26-23(21)27-17-28-24/h4-7,17,22,25H,8-16H2,1-3H3,(H,26,27,28). The lowest BCUT2D eigenvalue weighted by Gasteiger charge is -2.41. The van der Waals surface area contributed by atoms with E-state index in [4.69, 9.17) is 0 Å². The van der Waals surface area contributed by atoms with Crippen LogP contribution in [0.4, 0.5) is 11.6 Å². The summed E-state index contributed by atoms with van der Waals surface area (Å²) in [5.74, 6) is 1.90. The molecule has 0 aliphatic carbocycles. The number of rotatable bonds is 8. The molecule has 172 valence electrons. The van der Waals surface area contributed by atoms with Crippen LogP contribution < -0.4 is 15.5 Å². The fourth-order valence-electron chi connectivity index (χ4n) is 4.47. The maximum Gasteiger partial charge on any atom is 0.156 e. The van der Waals surface area contributed by atoms with Crippen molar-refractivity contribution >= 4 is 17.4 Å². The Morgan fingerprint density at radius 3 is 2.59 bits per heavy atom. The number of nitrogens with zero attached hydrogens (tertiary/aromatic N) is 5. The topological polar surface area (TPSA) is 76.6 Å². The van der Waals surface area contributed by atoms with Gasteiger partial charge in [-0.25, -0.2) is 9.97 Å². The molecule has 2 aliphatic heterocycles. The number of piperazine rings is 1. The Morgan fingerprint density at radius 1 is 1.12 bits per heavy atom. The van der Waals surface area contributed by atoms with Crippen LogP contribution in [0.2, 0.25) is 0 Å². The Labute approximate surface area is 191 Å². The number of nitrogens with one attached hydrogen (secondary N) is 2. The van der Waals surface area contributed by atoms with E-state index < -0.39 is 0 Å². The Balaban J connectivity index is 1.44. The van der Waals surface area contributed by atoms with Crippen molar-refractivity contribution in [3.8, 4) is 0 Å². The molecular formula is C24H35N7O. The summed E-state index contributed by atoms with van der Waals surface area (Å²) < 4.78 is 0. The van der Waals surface area contributed by atoms with E-state index in [0.29, 0.717) is 19.0 Å². The number of aromatic nitrogens is 2. The lowest BCUT2D eigenvalue weighted by molar-refractivity contribution is -0.117. The van der Waals surface area contributed by atoms with E-state index in [1.807, 2.05) is 0 Å². The zero-order chi connectivity index (χ0) is 22.5. The summed E-state index contributed by atoms with van der Waals surface area (Å²) in [7, 11) is 4.21. The third kappa shape index (κ3) is 5.43.